The lowest BCUT2D eigenvalue weighted by Gasteiger charge is -2.33. The molecule has 184 valence electrons. The largest absolute Gasteiger partial charge is 0.506 e. The van der Waals surface area contributed by atoms with Gasteiger partial charge < -0.3 is 24.8 Å². The van der Waals surface area contributed by atoms with Crippen LogP contribution in [0.3, 0.4) is 0 Å². The minimum atomic E-state index is -0.418. The van der Waals surface area contributed by atoms with E-state index < -0.39 is 5.41 Å². The maximum atomic E-state index is 12.7. The minimum absolute atomic E-state index is 0.0679. The number of para-hydroxylation sites is 2. The molecule has 0 aliphatic carbocycles. The van der Waals surface area contributed by atoms with Gasteiger partial charge in [0.1, 0.15) is 5.75 Å². The highest BCUT2D eigenvalue weighted by molar-refractivity contribution is 6.04. The second-order valence-electron chi connectivity index (χ2n) is 8.81. The smallest absolute Gasteiger partial charge is 0.255 e. The first-order valence-corrected chi connectivity index (χ1v) is 11.4. The highest BCUT2D eigenvalue weighted by Crippen LogP contribution is 2.33. The van der Waals surface area contributed by atoms with Crippen LogP contribution in [0.25, 0.3) is 0 Å². The molecule has 2 N–H and O–H groups in total. The first-order valence-electron chi connectivity index (χ1n) is 11.4. The molecule has 0 unspecified atom stereocenters. The average molecular weight is 477 g/mol. The van der Waals surface area contributed by atoms with E-state index in [9.17, 15) is 14.7 Å². The SMILES string of the molecule is CCC(=O)N(CC(C)(C)c1ccc(NC(=O)c2ccc(OC)c(OC)c2)cc1)c1ccccc1O. The number of carbonyl (C=O) groups excluding carboxylic acids is 2. The lowest BCUT2D eigenvalue weighted by Crippen LogP contribution is -2.40. The zero-order chi connectivity index (χ0) is 25.6. The number of phenols is 1. The zero-order valence-electron chi connectivity index (χ0n) is 20.8. The van der Waals surface area contributed by atoms with Crippen molar-refractivity contribution in [2.45, 2.75) is 32.6 Å². The molecule has 3 aromatic rings. The Morgan fingerprint density at radius 3 is 2.20 bits per heavy atom. The number of benzene rings is 3. The first-order chi connectivity index (χ1) is 16.7. The van der Waals surface area contributed by atoms with Crippen molar-refractivity contribution in [2.75, 3.05) is 31.0 Å². The summed E-state index contributed by atoms with van der Waals surface area (Å²) in [7, 11) is 3.06. The number of carbonyl (C=O) groups is 2. The Morgan fingerprint density at radius 2 is 1.60 bits per heavy atom. The quantitative estimate of drug-likeness (QED) is 0.433. The molecule has 0 heterocycles. The molecule has 7 heteroatoms. The van der Waals surface area contributed by atoms with E-state index in [-0.39, 0.29) is 17.6 Å². The van der Waals surface area contributed by atoms with E-state index in [4.69, 9.17) is 9.47 Å². The van der Waals surface area contributed by atoms with Crippen molar-refractivity contribution in [3.63, 3.8) is 0 Å². The maximum Gasteiger partial charge on any atom is 0.255 e. The van der Waals surface area contributed by atoms with Gasteiger partial charge in [0, 0.05) is 29.6 Å². The van der Waals surface area contributed by atoms with Gasteiger partial charge in [-0.15, -0.1) is 0 Å². The van der Waals surface area contributed by atoms with Gasteiger partial charge in [-0.25, -0.2) is 0 Å². The summed E-state index contributed by atoms with van der Waals surface area (Å²) in [6.07, 6.45) is 0.325. The van der Waals surface area contributed by atoms with Crippen molar-refractivity contribution < 1.29 is 24.2 Å². The highest BCUT2D eigenvalue weighted by atomic mass is 16.5. The summed E-state index contributed by atoms with van der Waals surface area (Å²) in [6, 6.07) is 19.4. The molecule has 3 rings (SSSR count). The summed E-state index contributed by atoms with van der Waals surface area (Å²) in [5, 5.41) is 13.2. The predicted molar refractivity (Wildman–Crippen MR) is 138 cm³/mol. The van der Waals surface area contributed by atoms with Crippen molar-refractivity contribution in [1.82, 2.24) is 0 Å². The van der Waals surface area contributed by atoms with Crippen LogP contribution >= 0.6 is 0 Å². The Labute approximate surface area is 206 Å². The Balaban J connectivity index is 1.77. The van der Waals surface area contributed by atoms with E-state index >= 15 is 0 Å². The molecule has 7 nitrogen and oxygen atoms in total. The van der Waals surface area contributed by atoms with E-state index in [2.05, 4.69) is 5.32 Å². The monoisotopic (exact) mass is 476 g/mol. The number of ether oxygens (including phenoxy) is 2. The molecule has 0 saturated carbocycles. The number of hydrogen-bond donors (Lipinski definition) is 2. The number of rotatable bonds is 9. The van der Waals surface area contributed by atoms with Crippen molar-refractivity contribution in [3.05, 3.63) is 77.9 Å². The summed E-state index contributed by atoms with van der Waals surface area (Å²) in [6.45, 7) is 6.27. The molecule has 0 spiro atoms. The van der Waals surface area contributed by atoms with Crippen LogP contribution in [0.2, 0.25) is 0 Å². The van der Waals surface area contributed by atoms with Crippen molar-refractivity contribution >= 4 is 23.2 Å². The molecule has 0 aliphatic heterocycles. The van der Waals surface area contributed by atoms with E-state index in [1.54, 1.807) is 61.4 Å². The van der Waals surface area contributed by atoms with Gasteiger partial charge in [0.05, 0.1) is 19.9 Å². The van der Waals surface area contributed by atoms with Crippen molar-refractivity contribution in [1.29, 1.82) is 0 Å². The van der Waals surface area contributed by atoms with Crippen LogP contribution in [0, 0.1) is 0 Å². The molecular formula is C28H32N2O5. The topological polar surface area (TPSA) is 88.1 Å². The normalized spacial score (nSPS) is 11.0. The van der Waals surface area contributed by atoms with Crippen molar-refractivity contribution in [3.8, 4) is 17.2 Å². The predicted octanol–water partition coefficient (Wildman–Crippen LogP) is 5.38. The minimum Gasteiger partial charge on any atom is -0.506 e. The van der Waals surface area contributed by atoms with Crippen LogP contribution < -0.4 is 19.7 Å². The van der Waals surface area contributed by atoms with Crippen LogP contribution in [0.5, 0.6) is 17.2 Å². The van der Waals surface area contributed by atoms with Gasteiger partial charge in [0.15, 0.2) is 11.5 Å². The van der Waals surface area contributed by atoms with Crippen molar-refractivity contribution in [2.24, 2.45) is 0 Å². The molecule has 0 aromatic heterocycles. The van der Waals surface area contributed by atoms with Gasteiger partial charge in [-0.1, -0.05) is 45.0 Å². The maximum absolute atomic E-state index is 12.7. The second-order valence-corrected chi connectivity index (χ2v) is 8.81. The van der Waals surface area contributed by atoms with Gasteiger partial charge in [0.2, 0.25) is 5.91 Å². The molecule has 0 saturated heterocycles. The van der Waals surface area contributed by atoms with Crippen LogP contribution in [0.15, 0.2) is 66.7 Å². The summed E-state index contributed by atoms with van der Waals surface area (Å²) in [5.41, 5.74) is 2.16. The lowest BCUT2D eigenvalue weighted by molar-refractivity contribution is -0.118. The molecule has 35 heavy (non-hydrogen) atoms. The number of phenolic OH excluding ortho intramolecular Hbond substituents is 1. The standard InChI is InChI=1S/C28H32N2O5/c1-6-26(32)30(22-9-7-8-10-23(22)31)18-28(2,3)20-12-14-21(15-13-20)29-27(33)19-11-16-24(34-4)25(17-19)35-5/h7-17,31H,6,18H2,1-5H3,(H,29,33). The van der Waals surface area contributed by atoms with Crippen LogP contribution in [0.4, 0.5) is 11.4 Å². The third kappa shape index (κ3) is 5.93. The molecule has 0 fully saturated rings. The molecule has 0 atom stereocenters. The third-order valence-corrected chi connectivity index (χ3v) is 5.90. The zero-order valence-corrected chi connectivity index (χ0v) is 20.8. The number of hydrogen-bond acceptors (Lipinski definition) is 5. The summed E-state index contributed by atoms with van der Waals surface area (Å²) >= 11 is 0. The fourth-order valence-electron chi connectivity index (χ4n) is 3.86. The Bertz CT molecular complexity index is 1190. The van der Waals surface area contributed by atoms with Gasteiger partial charge >= 0.3 is 0 Å². The van der Waals surface area contributed by atoms with Crippen LogP contribution in [0.1, 0.15) is 43.1 Å². The number of nitrogens with zero attached hydrogens (tertiary/aromatic N) is 1. The number of nitrogens with one attached hydrogen (secondary N) is 1. The fourth-order valence-corrected chi connectivity index (χ4v) is 3.86. The lowest BCUT2D eigenvalue weighted by atomic mass is 9.83. The number of anilines is 2. The van der Waals surface area contributed by atoms with Gasteiger partial charge in [-0.05, 0) is 48.0 Å². The number of amides is 2. The van der Waals surface area contributed by atoms with E-state index in [0.717, 1.165) is 5.56 Å². The number of methoxy groups -OCH3 is 2. The summed E-state index contributed by atoms with van der Waals surface area (Å²) < 4.78 is 10.5. The van der Waals surface area contributed by atoms with Gasteiger partial charge in [-0.3, -0.25) is 9.59 Å². The Kier molecular flexibility index (Phi) is 8.02. The molecular weight excluding hydrogens is 444 g/mol. The van der Waals surface area contributed by atoms with Crippen LogP contribution in [-0.4, -0.2) is 37.7 Å². The fraction of sp³-hybridized carbons (Fsp3) is 0.286. The Hall–Kier alpha value is -4.00. The third-order valence-electron chi connectivity index (χ3n) is 5.90. The van der Waals surface area contributed by atoms with Crippen LogP contribution in [-0.2, 0) is 10.2 Å². The summed E-state index contributed by atoms with van der Waals surface area (Å²) in [5.74, 6) is 0.761. The molecule has 0 aliphatic rings. The van der Waals surface area contributed by atoms with E-state index in [0.29, 0.717) is 41.4 Å². The average Bonchev–Trinajstić information content (AvgIpc) is 2.87. The van der Waals surface area contributed by atoms with E-state index in [1.165, 1.54) is 7.11 Å². The molecule has 0 radical (unpaired) electrons. The molecule has 3 aromatic carbocycles. The Morgan fingerprint density at radius 1 is 0.943 bits per heavy atom. The first kappa shape index (κ1) is 25.6. The van der Waals surface area contributed by atoms with E-state index in [1.807, 2.05) is 38.1 Å². The second kappa shape index (κ2) is 11.0. The van der Waals surface area contributed by atoms with Gasteiger partial charge in [-0.2, -0.15) is 0 Å². The summed E-state index contributed by atoms with van der Waals surface area (Å²) in [4.78, 5) is 27.1. The molecule has 0 bridgehead atoms. The molecule has 2 amide bonds. The van der Waals surface area contributed by atoms with Gasteiger partial charge in [0.25, 0.3) is 5.91 Å². The number of aromatic hydroxyl groups is 1. The highest BCUT2D eigenvalue weighted by Gasteiger charge is 2.28.